The van der Waals surface area contributed by atoms with Gasteiger partial charge in [0.25, 0.3) is 0 Å². The molecular weight excluding hydrogens is 476 g/mol. The topological polar surface area (TPSA) is 39.7 Å². The number of likely N-dealkylation sites (tertiary alicyclic amines) is 1. The van der Waals surface area contributed by atoms with Gasteiger partial charge < -0.3 is 14.1 Å². The van der Waals surface area contributed by atoms with Crippen molar-refractivity contribution >= 4 is 11.8 Å². The Kier molecular flexibility index (Phi) is 6.83. The minimum absolute atomic E-state index is 0.497. The lowest BCUT2D eigenvalue weighted by Crippen LogP contribution is -3.12. The molecule has 2 aliphatic heterocycles. The highest BCUT2D eigenvalue weighted by atomic mass is 32.2. The van der Waals surface area contributed by atoms with Crippen LogP contribution in [0.2, 0.25) is 0 Å². The Hall–Kier alpha value is -3.02. The number of aromatic nitrogens is 1. The first-order valence-electron chi connectivity index (χ1n) is 13.5. The summed E-state index contributed by atoms with van der Waals surface area (Å²) in [6, 6.07) is 27.3. The van der Waals surface area contributed by atoms with E-state index < -0.39 is 5.41 Å². The van der Waals surface area contributed by atoms with E-state index in [-0.39, 0.29) is 0 Å². The number of hydrogen-bond donors (Lipinski definition) is 1. The van der Waals surface area contributed by atoms with Crippen molar-refractivity contribution in [3.8, 4) is 11.5 Å². The molecule has 2 unspecified atom stereocenters. The lowest BCUT2D eigenvalue weighted by molar-refractivity contribution is -0.924. The maximum atomic E-state index is 6.57. The largest absolute Gasteiger partial charge is 0.457 e. The van der Waals surface area contributed by atoms with Gasteiger partial charge in [0, 0.05) is 27.7 Å². The molecule has 1 N–H and O–H groups in total. The van der Waals surface area contributed by atoms with Crippen molar-refractivity contribution in [3.63, 3.8) is 0 Å². The Balaban J connectivity index is 1.21. The lowest BCUT2D eigenvalue weighted by atomic mass is 9.74. The van der Waals surface area contributed by atoms with Crippen molar-refractivity contribution in [1.29, 1.82) is 0 Å². The molecule has 1 fully saturated rings. The highest BCUT2D eigenvalue weighted by molar-refractivity contribution is 7.99. The second-order valence-electron chi connectivity index (χ2n) is 10.6. The van der Waals surface area contributed by atoms with Crippen LogP contribution in [0.3, 0.4) is 0 Å². The number of thioether (sulfide) groups is 1. The third-order valence-electron chi connectivity index (χ3n) is 8.29. The van der Waals surface area contributed by atoms with Gasteiger partial charge in [-0.05, 0) is 43.5 Å². The van der Waals surface area contributed by atoms with E-state index in [1.807, 2.05) is 42.2 Å². The van der Waals surface area contributed by atoms with E-state index in [2.05, 4.69) is 68.4 Å². The minimum atomic E-state index is -0.497. The van der Waals surface area contributed by atoms with Crippen LogP contribution in [0, 0.1) is 11.8 Å². The summed E-state index contributed by atoms with van der Waals surface area (Å²) in [5.74, 6) is 6.15. The van der Waals surface area contributed by atoms with Gasteiger partial charge in [-0.15, -0.1) is 11.8 Å². The van der Waals surface area contributed by atoms with Crippen LogP contribution in [-0.4, -0.2) is 23.8 Å². The number of benzene rings is 3. The van der Waals surface area contributed by atoms with E-state index in [9.17, 15) is 0 Å². The summed E-state index contributed by atoms with van der Waals surface area (Å²) in [5.41, 5.74) is 1.69. The number of hydrogen-bond acceptors (Lipinski definition) is 4. The van der Waals surface area contributed by atoms with Crippen LogP contribution in [0.15, 0.2) is 94.4 Å². The van der Waals surface area contributed by atoms with Gasteiger partial charge in [0.05, 0.1) is 19.3 Å². The first-order valence-corrected chi connectivity index (χ1v) is 14.5. The number of ether oxygens (including phenoxy) is 1. The average Bonchev–Trinajstić information content (AvgIpc) is 3.42. The second-order valence-corrected chi connectivity index (χ2v) is 11.7. The molecule has 0 amide bonds. The summed E-state index contributed by atoms with van der Waals surface area (Å²) >= 11 is 2.00. The molecule has 2 aliphatic rings. The molecule has 4 nitrogen and oxygen atoms in total. The Morgan fingerprint density at radius 3 is 2.30 bits per heavy atom. The van der Waals surface area contributed by atoms with Gasteiger partial charge in [0.15, 0.2) is 5.76 Å². The highest BCUT2D eigenvalue weighted by Gasteiger charge is 2.43. The van der Waals surface area contributed by atoms with Crippen LogP contribution < -0.4 is 9.64 Å². The SMILES string of the molecule is CCC1CC[NH+](Cc2cnc(C3(C)c4ccccc4Oc4ccccc43)o2)C[C@H]1CSc1ccccc1. The molecule has 5 heteroatoms. The quantitative estimate of drug-likeness (QED) is 0.293. The van der Waals surface area contributed by atoms with Gasteiger partial charge in [-0.2, -0.15) is 0 Å². The molecule has 0 spiro atoms. The molecule has 0 bridgehead atoms. The summed E-state index contributed by atoms with van der Waals surface area (Å²) in [7, 11) is 0. The van der Waals surface area contributed by atoms with Crippen molar-refractivity contribution in [3.05, 3.63) is 108 Å². The maximum absolute atomic E-state index is 6.57. The van der Waals surface area contributed by atoms with Crippen LogP contribution in [0.5, 0.6) is 11.5 Å². The Morgan fingerprint density at radius 1 is 0.919 bits per heavy atom. The Labute approximate surface area is 224 Å². The van der Waals surface area contributed by atoms with Crippen molar-refractivity contribution < 1.29 is 14.1 Å². The van der Waals surface area contributed by atoms with Crippen molar-refractivity contribution in [2.45, 2.75) is 43.5 Å². The molecule has 37 heavy (non-hydrogen) atoms. The molecule has 3 heterocycles. The van der Waals surface area contributed by atoms with E-state index in [1.165, 1.54) is 36.6 Å². The van der Waals surface area contributed by atoms with Crippen LogP contribution in [0.4, 0.5) is 0 Å². The average molecular weight is 512 g/mol. The molecule has 0 saturated carbocycles. The number of piperidine rings is 1. The van der Waals surface area contributed by atoms with E-state index in [0.29, 0.717) is 5.92 Å². The molecule has 1 saturated heterocycles. The number of quaternary nitrogens is 1. The molecule has 6 rings (SSSR count). The molecule has 3 aromatic carbocycles. The number of para-hydroxylation sites is 2. The minimum Gasteiger partial charge on any atom is -0.457 e. The number of nitrogens with zero attached hydrogens (tertiary/aromatic N) is 1. The molecule has 3 atom stereocenters. The summed E-state index contributed by atoms with van der Waals surface area (Å²) in [4.78, 5) is 7.83. The summed E-state index contributed by atoms with van der Waals surface area (Å²) < 4.78 is 12.8. The zero-order valence-corrected chi connectivity index (χ0v) is 22.5. The third kappa shape index (κ3) is 4.71. The summed E-state index contributed by atoms with van der Waals surface area (Å²) in [6.45, 7) is 7.82. The van der Waals surface area contributed by atoms with Crippen molar-refractivity contribution in [2.24, 2.45) is 11.8 Å². The number of oxazole rings is 1. The van der Waals surface area contributed by atoms with E-state index in [1.54, 1.807) is 4.90 Å². The van der Waals surface area contributed by atoms with Gasteiger partial charge >= 0.3 is 0 Å². The summed E-state index contributed by atoms with van der Waals surface area (Å²) in [5, 5.41) is 0. The normalized spacial score (nSPS) is 22.1. The number of nitrogens with one attached hydrogen (secondary N) is 1. The summed E-state index contributed by atoms with van der Waals surface area (Å²) in [6.07, 6.45) is 4.50. The zero-order valence-electron chi connectivity index (χ0n) is 21.7. The van der Waals surface area contributed by atoms with Crippen molar-refractivity contribution in [1.82, 2.24) is 4.98 Å². The molecule has 190 valence electrons. The van der Waals surface area contributed by atoms with Gasteiger partial charge in [0.1, 0.15) is 23.5 Å². The van der Waals surface area contributed by atoms with Gasteiger partial charge in [-0.3, -0.25) is 0 Å². The van der Waals surface area contributed by atoms with Crippen LogP contribution >= 0.6 is 11.8 Å². The van der Waals surface area contributed by atoms with Crippen LogP contribution in [-0.2, 0) is 12.0 Å². The maximum Gasteiger partial charge on any atom is 0.209 e. The predicted molar refractivity (Wildman–Crippen MR) is 148 cm³/mol. The third-order valence-corrected chi connectivity index (χ3v) is 9.50. The lowest BCUT2D eigenvalue weighted by Gasteiger charge is -2.35. The van der Waals surface area contributed by atoms with Crippen LogP contribution in [0.25, 0.3) is 0 Å². The van der Waals surface area contributed by atoms with Crippen LogP contribution in [0.1, 0.15) is 49.5 Å². The predicted octanol–water partition coefficient (Wildman–Crippen LogP) is 6.36. The standard InChI is InChI=1S/C32H34N2O2S/c1-3-23-17-18-34(20-24(23)22-37-26-11-5-4-6-12-26)21-25-19-33-31(35-25)32(2)27-13-7-9-15-29(27)36-30-16-10-8-14-28(30)32/h4-16,19,23-24H,3,17-18,20-22H2,1-2H3/p+1/t23?,24-/m0/s1. The zero-order chi connectivity index (χ0) is 25.2. The molecule has 4 aromatic rings. The fourth-order valence-electron chi connectivity index (χ4n) is 6.18. The smallest absolute Gasteiger partial charge is 0.209 e. The monoisotopic (exact) mass is 511 g/mol. The number of fused-ring (bicyclic) bond motifs is 2. The molecule has 1 aromatic heterocycles. The van der Waals surface area contributed by atoms with Crippen molar-refractivity contribution in [2.75, 3.05) is 18.8 Å². The second kappa shape index (κ2) is 10.4. The van der Waals surface area contributed by atoms with Gasteiger partial charge in [-0.1, -0.05) is 67.9 Å². The van der Waals surface area contributed by atoms with E-state index >= 15 is 0 Å². The fourth-order valence-corrected chi connectivity index (χ4v) is 7.32. The molecule has 0 aliphatic carbocycles. The molecular formula is C32H35N2O2S+. The fraction of sp³-hybridized carbons (Fsp3) is 0.344. The van der Waals surface area contributed by atoms with E-state index in [4.69, 9.17) is 14.1 Å². The Morgan fingerprint density at radius 2 is 1.59 bits per heavy atom. The van der Waals surface area contributed by atoms with Gasteiger partial charge in [0.2, 0.25) is 5.89 Å². The van der Waals surface area contributed by atoms with E-state index in [0.717, 1.165) is 46.7 Å². The Bertz CT molecular complexity index is 1310. The highest BCUT2D eigenvalue weighted by Crippen LogP contribution is 2.50. The van der Waals surface area contributed by atoms with Gasteiger partial charge in [-0.25, -0.2) is 4.98 Å². The number of rotatable bonds is 7. The first kappa shape index (κ1) is 24.3. The molecule has 0 radical (unpaired) electrons. The first-order chi connectivity index (χ1) is 18.1.